The number of nitrogens with zero attached hydrogens (tertiary/aromatic N) is 1. The lowest BCUT2D eigenvalue weighted by Crippen LogP contribution is -2.47. The number of aliphatic carboxylic acids is 1. The number of nitrogens with one attached hydrogen (secondary N) is 1. The molecule has 0 spiro atoms. The second-order valence-corrected chi connectivity index (χ2v) is 8.74. The van der Waals surface area contributed by atoms with Crippen molar-refractivity contribution in [2.75, 3.05) is 0 Å². The lowest BCUT2D eigenvalue weighted by atomic mass is 9.73. The molecular weight excluding hydrogens is 477 g/mol. The molecule has 2 N–H and O–H groups in total. The molecule has 1 aliphatic rings. The van der Waals surface area contributed by atoms with Crippen LogP contribution in [0.25, 0.3) is 0 Å². The number of hydrogen-bond acceptors (Lipinski definition) is 3. The summed E-state index contributed by atoms with van der Waals surface area (Å²) in [5, 5.41) is 13.1. The van der Waals surface area contributed by atoms with Gasteiger partial charge in [-0.05, 0) is 42.2 Å². The van der Waals surface area contributed by atoms with Gasteiger partial charge in [-0.25, -0.2) is 0 Å². The normalized spacial score (nSPS) is 17.8. The first kappa shape index (κ1) is 26.4. The lowest BCUT2D eigenvalue weighted by Gasteiger charge is -2.32. The Bertz CT molecular complexity index is 1210. The quantitative estimate of drug-likeness (QED) is 0.377. The molecule has 0 aliphatic carbocycles. The molecule has 4 rings (SSSR count). The van der Waals surface area contributed by atoms with Gasteiger partial charge in [0.05, 0.1) is 23.7 Å². The fourth-order valence-corrected chi connectivity index (χ4v) is 4.59. The van der Waals surface area contributed by atoms with E-state index in [1.54, 1.807) is 6.07 Å². The van der Waals surface area contributed by atoms with E-state index in [1.165, 1.54) is 6.07 Å². The van der Waals surface area contributed by atoms with Gasteiger partial charge in [0.25, 0.3) is 0 Å². The van der Waals surface area contributed by atoms with E-state index < -0.39 is 23.1 Å². The van der Waals surface area contributed by atoms with Gasteiger partial charge in [-0.15, -0.1) is 12.4 Å². The third kappa shape index (κ3) is 5.92. The minimum Gasteiger partial charge on any atom is -0.481 e. The van der Waals surface area contributed by atoms with Gasteiger partial charge in [-0.2, -0.15) is 13.2 Å². The first-order valence-corrected chi connectivity index (χ1v) is 11.0. The highest BCUT2D eigenvalue weighted by atomic mass is 35.5. The molecule has 2 unspecified atom stereocenters. The summed E-state index contributed by atoms with van der Waals surface area (Å²) < 4.78 is 39.5. The van der Waals surface area contributed by atoms with Crippen molar-refractivity contribution in [3.63, 3.8) is 0 Å². The number of alkyl halides is 3. The van der Waals surface area contributed by atoms with E-state index in [1.807, 2.05) is 61.5 Å². The monoisotopic (exact) mass is 502 g/mol. The Labute approximate surface area is 208 Å². The van der Waals surface area contributed by atoms with Crippen LogP contribution in [0.2, 0.25) is 0 Å². The zero-order valence-corrected chi connectivity index (χ0v) is 19.9. The fourth-order valence-electron chi connectivity index (χ4n) is 4.59. The maximum atomic E-state index is 13.2. The highest BCUT2D eigenvalue weighted by Crippen LogP contribution is 2.43. The highest BCUT2D eigenvalue weighted by molar-refractivity contribution is 6.06. The Morgan fingerprint density at radius 3 is 2.34 bits per heavy atom. The number of carbonyl (C=O) groups is 1. The van der Waals surface area contributed by atoms with E-state index >= 15 is 0 Å². The number of carboxylic acid groups (broad SMARTS) is 1. The standard InChI is InChI=1S/C27H25F3N2O2.ClH/c1-26(16-24(33)34)21-12-5-6-13-22(21)32-25(26)23(15-18-8-3-2-4-9-18)31-17-19-10-7-11-20(14-19)27(28,29)30;/h2-14,23,31H,15-17H2,1H3,(H,33,34);1H. The Kier molecular flexibility index (Phi) is 8.03. The van der Waals surface area contributed by atoms with Crippen molar-refractivity contribution in [2.24, 2.45) is 4.99 Å². The van der Waals surface area contributed by atoms with Crippen molar-refractivity contribution in [2.45, 2.75) is 43.9 Å². The lowest BCUT2D eigenvalue weighted by molar-refractivity contribution is -0.138. The molecule has 4 nitrogen and oxygen atoms in total. The maximum Gasteiger partial charge on any atom is 0.416 e. The Hall–Kier alpha value is -3.16. The number of rotatable bonds is 8. The molecule has 3 aromatic carbocycles. The van der Waals surface area contributed by atoms with Gasteiger partial charge in [-0.1, -0.05) is 66.7 Å². The van der Waals surface area contributed by atoms with Crippen LogP contribution < -0.4 is 5.32 Å². The molecule has 8 heteroatoms. The van der Waals surface area contributed by atoms with E-state index in [4.69, 9.17) is 4.99 Å². The predicted molar refractivity (Wildman–Crippen MR) is 133 cm³/mol. The Morgan fingerprint density at radius 1 is 1.00 bits per heavy atom. The van der Waals surface area contributed by atoms with Gasteiger partial charge < -0.3 is 10.4 Å². The maximum absolute atomic E-state index is 13.2. The molecule has 0 bridgehead atoms. The molecule has 1 heterocycles. The average Bonchev–Trinajstić information content (AvgIpc) is 3.08. The van der Waals surface area contributed by atoms with Crippen LogP contribution in [-0.2, 0) is 29.4 Å². The number of aliphatic imine (C=N–C) groups is 1. The van der Waals surface area contributed by atoms with Crippen molar-refractivity contribution in [3.8, 4) is 0 Å². The highest BCUT2D eigenvalue weighted by Gasteiger charge is 2.44. The molecule has 1 aliphatic heterocycles. The Morgan fingerprint density at radius 2 is 1.66 bits per heavy atom. The molecule has 0 fully saturated rings. The SMILES string of the molecule is CC1(CC(=O)O)C(C(Cc2ccccc2)NCc2cccc(C(F)(F)F)c2)=Nc2ccccc21.Cl. The minimum atomic E-state index is -4.42. The molecule has 0 aromatic heterocycles. The van der Waals surface area contributed by atoms with Gasteiger partial charge in [0, 0.05) is 17.7 Å². The van der Waals surface area contributed by atoms with Gasteiger partial charge in [-0.3, -0.25) is 9.79 Å². The van der Waals surface area contributed by atoms with Crippen LogP contribution in [0, 0.1) is 0 Å². The third-order valence-electron chi connectivity index (χ3n) is 6.23. The first-order valence-electron chi connectivity index (χ1n) is 11.0. The van der Waals surface area contributed by atoms with E-state index in [0.29, 0.717) is 17.7 Å². The number of para-hydroxylation sites is 1. The second-order valence-electron chi connectivity index (χ2n) is 8.74. The summed E-state index contributed by atoms with van der Waals surface area (Å²) >= 11 is 0. The average molecular weight is 503 g/mol. The minimum absolute atomic E-state index is 0. The number of benzene rings is 3. The first-order chi connectivity index (χ1) is 16.2. The molecule has 2 atom stereocenters. The number of fused-ring (bicyclic) bond motifs is 1. The summed E-state index contributed by atoms with van der Waals surface area (Å²) in [4.78, 5) is 16.7. The van der Waals surface area contributed by atoms with Crippen molar-refractivity contribution in [3.05, 3.63) is 101 Å². The van der Waals surface area contributed by atoms with Crippen LogP contribution >= 0.6 is 12.4 Å². The molecule has 184 valence electrons. The summed E-state index contributed by atoms with van der Waals surface area (Å²) in [6, 6.07) is 22.0. The molecule has 3 aromatic rings. The van der Waals surface area contributed by atoms with E-state index in [0.717, 1.165) is 28.9 Å². The van der Waals surface area contributed by atoms with Crippen LogP contribution in [0.15, 0.2) is 83.9 Å². The molecular formula is C27H26ClF3N2O2. The smallest absolute Gasteiger partial charge is 0.416 e. The number of carboxylic acids is 1. The second kappa shape index (κ2) is 10.6. The molecule has 0 amide bonds. The van der Waals surface area contributed by atoms with E-state index in [9.17, 15) is 23.1 Å². The van der Waals surface area contributed by atoms with Crippen LogP contribution in [0.1, 0.15) is 35.6 Å². The topological polar surface area (TPSA) is 61.7 Å². The summed E-state index contributed by atoms with van der Waals surface area (Å²) in [6.07, 6.45) is -4.04. The van der Waals surface area contributed by atoms with E-state index in [-0.39, 0.29) is 31.4 Å². The van der Waals surface area contributed by atoms with Gasteiger partial charge >= 0.3 is 12.1 Å². The number of hydrogen-bond donors (Lipinski definition) is 2. The zero-order chi connectivity index (χ0) is 24.3. The van der Waals surface area contributed by atoms with Gasteiger partial charge in [0.15, 0.2) is 0 Å². The predicted octanol–water partition coefficient (Wildman–Crippen LogP) is 6.35. The summed E-state index contributed by atoms with van der Waals surface area (Å²) in [7, 11) is 0. The summed E-state index contributed by atoms with van der Waals surface area (Å²) in [5.74, 6) is -0.941. The van der Waals surface area contributed by atoms with Gasteiger partial charge in [0.2, 0.25) is 0 Å². The molecule has 0 radical (unpaired) electrons. The van der Waals surface area contributed by atoms with Crippen molar-refractivity contribution < 1.29 is 23.1 Å². The molecule has 0 saturated heterocycles. The van der Waals surface area contributed by atoms with Crippen LogP contribution in [0.3, 0.4) is 0 Å². The van der Waals surface area contributed by atoms with Gasteiger partial charge in [0.1, 0.15) is 0 Å². The fraction of sp³-hybridized carbons (Fsp3) is 0.259. The third-order valence-corrected chi connectivity index (χ3v) is 6.23. The summed E-state index contributed by atoms with van der Waals surface area (Å²) in [5.41, 5.74) is 2.19. The molecule has 0 saturated carbocycles. The van der Waals surface area contributed by atoms with Crippen molar-refractivity contribution >= 4 is 29.8 Å². The number of halogens is 4. The largest absolute Gasteiger partial charge is 0.481 e. The summed E-state index contributed by atoms with van der Waals surface area (Å²) in [6.45, 7) is 2.05. The van der Waals surface area contributed by atoms with E-state index in [2.05, 4.69) is 5.32 Å². The van der Waals surface area contributed by atoms with Crippen LogP contribution in [0.5, 0.6) is 0 Å². The van der Waals surface area contributed by atoms with Crippen molar-refractivity contribution in [1.82, 2.24) is 5.32 Å². The molecule has 35 heavy (non-hydrogen) atoms. The zero-order valence-electron chi connectivity index (χ0n) is 19.0. The Balaban J connectivity index is 0.00000342. The van der Waals surface area contributed by atoms with Crippen LogP contribution in [-0.4, -0.2) is 22.8 Å². The van der Waals surface area contributed by atoms with Crippen LogP contribution in [0.4, 0.5) is 18.9 Å². The van der Waals surface area contributed by atoms with Crippen molar-refractivity contribution in [1.29, 1.82) is 0 Å².